The van der Waals surface area contributed by atoms with E-state index >= 15 is 0 Å². The molecule has 0 unspecified atom stereocenters. The number of hydrogen-bond acceptors (Lipinski definition) is 5. The highest BCUT2D eigenvalue weighted by Gasteiger charge is 2.30. The van der Waals surface area contributed by atoms with Crippen molar-refractivity contribution in [3.63, 3.8) is 0 Å². The Kier molecular flexibility index (Phi) is 5.14. The zero-order valence-corrected chi connectivity index (χ0v) is 14.3. The van der Waals surface area contributed by atoms with Crippen molar-refractivity contribution in [2.24, 2.45) is 0 Å². The van der Waals surface area contributed by atoms with E-state index in [1.165, 1.54) is 6.07 Å². The summed E-state index contributed by atoms with van der Waals surface area (Å²) in [6, 6.07) is 8.52. The Balaban J connectivity index is 1.85. The number of hydrogen-bond donors (Lipinski definition) is 1. The predicted molar refractivity (Wildman–Crippen MR) is 91.6 cm³/mol. The van der Waals surface area contributed by atoms with Gasteiger partial charge in [-0.25, -0.2) is 4.98 Å². The summed E-state index contributed by atoms with van der Waals surface area (Å²) < 4.78 is 10.8. The predicted octanol–water partition coefficient (Wildman–Crippen LogP) is 1.23. The van der Waals surface area contributed by atoms with Gasteiger partial charge >= 0.3 is 0 Å². The van der Waals surface area contributed by atoms with Crippen LogP contribution in [0.25, 0.3) is 0 Å². The molecule has 7 nitrogen and oxygen atoms in total. The maximum Gasteiger partial charge on any atom is 0.251 e. The minimum absolute atomic E-state index is 0.0439. The van der Waals surface area contributed by atoms with Gasteiger partial charge in [-0.1, -0.05) is 18.2 Å². The fourth-order valence-electron chi connectivity index (χ4n) is 3.03. The number of H-pyrrole nitrogens is 1. The number of amides is 1. The molecule has 1 aromatic carbocycles. The second-order valence-electron chi connectivity index (χ2n) is 5.92. The van der Waals surface area contributed by atoms with Crippen molar-refractivity contribution < 1.29 is 14.3 Å². The lowest BCUT2D eigenvalue weighted by atomic mass is 10.1. The molecule has 0 aliphatic carbocycles. The number of ether oxygens (including phenoxy) is 2. The molecule has 1 saturated heterocycles. The van der Waals surface area contributed by atoms with Crippen LogP contribution in [0.15, 0.2) is 35.1 Å². The number of nitrogens with zero attached hydrogens (tertiary/aromatic N) is 2. The number of para-hydroxylation sites is 1. The third kappa shape index (κ3) is 3.88. The first kappa shape index (κ1) is 17.2. The summed E-state index contributed by atoms with van der Waals surface area (Å²) in [5.74, 6) is 1.16. The molecule has 1 fully saturated rings. The van der Waals surface area contributed by atoms with Crippen LogP contribution in [0, 0.1) is 6.92 Å². The van der Waals surface area contributed by atoms with Crippen LogP contribution < -0.4 is 10.3 Å². The first-order valence-corrected chi connectivity index (χ1v) is 8.15. The quantitative estimate of drug-likeness (QED) is 0.903. The van der Waals surface area contributed by atoms with Crippen LogP contribution in [-0.2, 0) is 16.0 Å². The lowest BCUT2D eigenvalue weighted by Gasteiger charge is -2.35. The van der Waals surface area contributed by atoms with Crippen molar-refractivity contribution in [2.45, 2.75) is 19.4 Å². The molecule has 3 rings (SSSR count). The van der Waals surface area contributed by atoms with E-state index < -0.39 is 0 Å². The number of rotatable bonds is 4. The van der Waals surface area contributed by atoms with Crippen molar-refractivity contribution >= 4 is 5.91 Å². The Labute approximate surface area is 145 Å². The molecule has 1 aromatic heterocycles. The lowest BCUT2D eigenvalue weighted by molar-refractivity contribution is -0.139. The van der Waals surface area contributed by atoms with Crippen molar-refractivity contribution in [1.82, 2.24) is 14.9 Å². The van der Waals surface area contributed by atoms with Gasteiger partial charge in [-0.15, -0.1) is 0 Å². The molecule has 0 radical (unpaired) electrons. The normalized spacial score (nSPS) is 17.4. The second kappa shape index (κ2) is 7.48. The minimum atomic E-state index is -0.364. The third-order valence-corrected chi connectivity index (χ3v) is 4.20. The number of benzene rings is 1. The number of nitrogens with one attached hydrogen (secondary N) is 1. The number of aromatic amines is 1. The minimum Gasteiger partial charge on any atom is -0.496 e. The maximum atomic E-state index is 12.9. The van der Waals surface area contributed by atoms with E-state index in [4.69, 9.17) is 9.47 Å². The van der Waals surface area contributed by atoms with Gasteiger partial charge in [0.05, 0.1) is 38.5 Å². The van der Waals surface area contributed by atoms with Gasteiger partial charge in [0.2, 0.25) is 5.91 Å². The van der Waals surface area contributed by atoms with Gasteiger partial charge in [0, 0.05) is 18.2 Å². The molecule has 1 aliphatic heterocycles. The van der Waals surface area contributed by atoms with Crippen LogP contribution in [0.3, 0.4) is 0 Å². The number of carbonyl (C=O) groups excluding carboxylic acids is 1. The highest BCUT2D eigenvalue weighted by molar-refractivity contribution is 5.80. The van der Waals surface area contributed by atoms with Gasteiger partial charge in [0.15, 0.2) is 0 Å². The molecule has 2 heterocycles. The zero-order valence-electron chi connectivity index (χ0n) is 14.3. The molecule has 2 aromatic rings. The van der Waals surface area contributed by atoms with E-state index in [2.05, 4.69) is 9.97 Å². The SMILES string of the molecule is COc1ccccc1CC(=O)N1CCOC[C@@H]1c1cc(=O)[nH]c(C)n1. The van der Waals surface area contributed by atoms with Gasteiger partial charge in [-0.2, -0.15) is 0 Å². The fourth-order valence-corrected chi connectivity index (χ4v) is 3.03. The van der Waals surface area contributed by atoms with Crippen LogP contribution >= 0.6 is 0 Å². The zero-order chi connectivity index (χ0) is 17.8. The maximum absolute atomic E-state index is 12.9. The van der Waals surface area contributed by atoms with Gasteiger partial charge < -0.3 is 19.4 Å². The monoisotopic (exact) mass is 343 g/mol. The Morgan fingerprint density at radius 2 is 2.24 bits per heavy atom. The van der Waals surface area contributed by atoms with Gasteiger partial charge in [0.1, 0.15) is 11.6 Å². The summed E-state index contributed by atoms with van der Waals surface area (Å²) in [7, 11) is 1.59. The molecule has 25 heavy (non-hydrogen) atoms. The molecule has 0 bridgehead atoms. The van der Waals surface area contributed by atoms with Gasteiger partial charge in [-0.05, 0) is 13.0 Å². The van der Waals surface area contributed by atoms with E-state index in [1.54, 1.807) is 18.9 Å². The van der Waals surface area contributed by atoms with Crippen molar-refractivity contribution in [3.05, 3.63) is 57.8 Å². The average molecular weight is 343 g/mol. The third-order valence-electron chi connectivity index (χ3n) is 4.20. The van der Waals surface area contributed by atoms with E-state index in [1.807, 2.05) is 24.3 Å². The van der Waals surface area contributed by atoms with Gasteiger partial charge in [0.25, 0.3) is 5.56 Å². The molecule has 1 atom stereocenters. The summed E-state index contributed by atoms with van der Waals surface area (Å²) >= 11 is 0. The lowest BCUT2D eigenvalue weighted by Crippen LogP contribution is -2.44. The number of morpholine rings is 1. The largest absolute Gasteiger partial charge is 0.496 e. The average Bonchev–Trinajstić information content (AvgIpc) is 2.61. The van der Waals surface area contributed by atoms with Crippen molar-refractivity contribution in [1.29, 1.82) is 0 Å². The number of aryl methyl sites for hydroxylation is 1. The molecule has 1 N–H and O–H groups in total. The van der Waals surface area contributed by atoms with Crippen LogP contribution in [-0.4, -0.2) is 47.6 Å². The summed E-state index contributed by atoms with van der Waals surface area (Å²) in [6.07, 6.45) is 0.225. The molecular formula is C18H21N3O4. The highest BCUT2D eigenvalue weighted by atomic mass is 16.5. The summed E-state index contributed by atoms with van der Waals surface area (Å²) in [4.78, 5) is 33.4. The van der Waals surface area contributed by atoms with Crippen molar-refractivity contribution in [3.8, 4) is 5.75 Å². The van der Waals surface area contributed by atoms with E-state index in [0.29, 0.717) is 37.0 Å². The molecular weight excluding hydrogens is 322 g/mol. The Hall–Kier alpha value is -2.67. The molecule has 132 valence electrons. The Bertz CT molecular complexity index is 818. The second-order valence-corrected chi connectivity index (χ2v) is 5.92. The standard InChI is InChI=1S/C18H21N3O4/c1-12-19-14(10-17(22)20-12)15-11-25-8-7-21(15)18(23)9-13-5-3-4-6-16(13)24-2/h3-6,10,15H,7-9,11H2,1-2H3,(H,19,20,22)/t15-/m1/s1. The summed E-state index contributed by atoms with van der Waals surface area (Å²) in [5, 5.41) is 0. The van der Waals surface area contributed by atoms with Crippen LogP contribution in [0.5, 0.6) is 5.75 Å². The van der Waals surface area contributed by atoms with E-state index in [9.17, 15) is 9.59 Å². The van der Waals surface area contributed by atoms with Crippen LogP contribution in [0.4, 0.5) is 0 Å². The van der Waals surface area contributed by atoms with E-state index in [-0.39, 0.29) is 23.9 Å². The number of carbonyl (C=O) groups is 1. The highest BCUT2D eigenvalue weighted by Crippen LogP contribution is 2.25. The molecule has 0 spiro atoms. The Morgan fingerprint density at radius 3 is 3.00 bits per heavy atom. The summed E-state index contributed by atoms with van der Waals surface area (Å²) in [5.41, 5.74) is 1.15. The Morgan fingerprint density at radius 1 is 1.44 bits per heavy atom. The molecule has 7 heteroatoms. The van der Waals surface area contributed by atoms with Crippen LogP contribution in [0.2, 0.25) is 0 Å². The number of methoxy groups -OCH3 is 1. The first-order valence-electron chi connectivity index (χ1n) is 8.15. The van der Waals surface area contributed by atoms with Crippen molar-refractivity contribution in [2.75, 3.05) is 26.9 Å². The topological polar surface area (TPSA) is 84.5 Å². The first-order chi connectivity index (χ1) is 12.1. The molecule has 0 saturated carbocycles. The molecule has 1 aliphatic rings. The smallest absolute Gasteiger partial charge is 0.251 e. The van der Waals surface area contributed by atoms with Crippen LogP contribution in [0.1, 0.15) is 23.1 Å². The fraction of sp³-hybridized carbons (Fsp3) is 0.389. The summed E-state index contributed by atoms with van der Waals surface area (Å²) in [6.45, 7) is 2.98. The van der Waals surface area contributed by atoms with Gasteiger partial charge in [-0.3, -0.25) is 9.59 Å². The number of aromatic nitrogens is 2. The molecule has 1 amide bonds. The van der Waals surface area contributed by atoms with E-state index in [0.717, 1.165) is 5.56 Å².